The van der Waals surface area contributed by atoms with Gasteiger partial charge < -0.3 is 16.0 Å². The summed E-state index contributed by atoms with van der Waals surface area (Å²) in [7, 11) is 0. The molecule has 0 spiro atoms. The average Bonchev–Trinajstić information content (AvgIpc) is 2.42. The lowest BCUT2D eigenvalue weighted by Gasteiger charge is -2.46. The summed E-state index contributed by atoms with van der Waals surface area (Å²) >= 11 is 0. The van der Waals surface area contributed by atoms with E-state index in [2.05, 4.69) is 48.6 Å². The van der Waals surface area contributed by atoms with Gasteiger partial charge in [-0.25, -0.2) is 0 Å². The van der Waals surface area contributed by atoms with Crippen LogP contribution in [0.15, 0.2) is 24.5 Å². The second-order valence-electron chi connectivity index (χ2n) is 7.52. The van der Waals surface area contributed by atoms with Gasteiger partial charge in [0.2, 0.25) is 0 Å². The highest BCUT2D eigenvalue weighted by atomic mass is 16.2. The van der Waals surface area contributed by atoms with Crippen LogP contribution in [0.5, 0.6) is 0 Å². The van der Waals surface area contributed by atoms with Gasteiger partial charge in [-0.2, -0.15) is 0 Å². The Bertz CT molecular complexity index is 553. The maximum absolute atomic E-state index is 12.1. The van der Waals surface area contributed by atoms with Crippen LogP contribution in [0.1, 0.15) is 46.1 Å². The lowest BCUT2D eigenvalue weighted by molar-refractivity contribution is -0.140. The first-order chi connectivity index (χ1) is 10.7. The Hall–Kier alpha value is -1.95. The van der Waals surface area contributed by atoms with E-state index >= 15 is 0 Å². The smallest absolute Gasteiger partial charge is 0.309 e. The third-order valence-electron chi connectivity index (χ3n) is 3.91. The highest BCUT2D eigenvalue weighted by Crippen LogP contribution is 2.28. The molecular formula is C17H26N4O2. The molecule has 0 aromatic carbocycles. The average molecular weight is 318 g/mol. The van der Waals surface area contributed by atoms with E-state index in [4.69, 9.17) is 0 Å². The SMILES string of the molecule is CC1(C)CC(NC(=O)C(=O)NCc2cccnc2)CC(C)(C)N1. The Balaban J connectivity index is 1.87. The summed E-state index contributed by atoms with van der Waals surface area (Å²) in [6.07, 6.45) is 4.91. The maximum Gasteiger partial charge on any atom is 0.309 e. The van der Waals surface area contributed by atoms with Gasteiger partial charge in [0, 0.05) is 36.1 Å². The summed E-state index contributed by atoms with van der Waals surface area (Å²) < 4.78 is 0. The van der Waals surface area contributed by atoms with Crippen molar-refractivity contribution in [3.05, 3.63) is 30.1 Å². The molecule has 0 radical (unpaired) electrons. The molecule has 0 saturated carbocycles. The molecule has 2 heterocycles. The molecule has 6 heteroatoms. The summed E-state index contributed by atoms with van der Waals surface area (Å²) in [4.78, 5) is 28.0. The van der Waals surface area contributed by atoms with Gasteiger partial charge in [-0.15, -0.1) is 0 Å². The van der Waals surface area contributed by atoms with Crippen LogP contribution in [0.25, 0.3) is 0 Å². The molecule has 23 heavy (non-hydrogen) atoms. The molecule has 1 aromatic rings. The predicted molar refractivity (Wildman–Crippen MR) is 88.5 cm³/mol. The number of aromatic nitrogens is 1. The summed E-state index contributed by atoms with van der Waals surface area (Å²) in [6, 6.07) is 3.63. The van der Waals surface area contributed by atoms with E-state index in [9.17, 15) is 9.59 Å². The maximum atomic E-state index is 12.1. The van der Waals surface area contributed by atoms with Gasteiger partial charge >= 0.3 is 11.8 Å². The third-order valence-corrected chi connectivity index (χ3v) is 3.91. The summed E-state index contributed by atoms with van der Waals surface area (Å²) in [5, 5.41) is 9.03. The van der Waals surface area contributed by atoms with Crippen LogP contribution in [0.3, 0.4) is 0 Å². The molecule has 1 aromatic heterocycles. The fourth-order valence-corrected chi connectivity index (χ4v) is 3.44. The van der Waals surface area contributed by atoms with Crippen molar-refractivity contribution in [1.29, 1.82) is 0 Å². The van der Waals surface area contributed by atoms with E-state index in [1.54, 1.807) is 18.5 Å². The molecule has 6 nitrogen and oxygen atoms in total. The molecule has 1 fully saturated rings. The molecule has 1 saturated heterocycles. The van der Waals surface area contributed by atoms with Crippen LogP contribution in [0.4, 0.5) is 0 Å². The van der Waals surface area contributed by atoms with Crippen molar-refractivity contribution >= 4 is 11.8 Å². The Labute approximate surface area is 137 Å². The molecule has 1 aliphatic heterocycles. The minimum Gasteiger partial charge on any atom is -0.345 e. The van der Waals surface area contributed by atoms with E-state index in [1.165, 1.54) is 0 Å². The zero-order valence-corrected chi connectivity index (χ0v) is 14.3. The van der Waals surface area contributed by atoms with Gasteiger partial charge in [-0.3, -0.25) is 14.6 Å². The van der Waals surface area contributed by atoms with Crippen molar-refractivity contribution < 1.29 is 9.59 Å². The van der Waals surface area contributed by atoms with Crippen LogP contribution in [0.2, 0.25) is 0 Å². The standard InChI is InChI=1S/C17H26N4O2/c1-16(2)8-13(9-17(3,4)21-16)20-15(23)14(22)19-11-12-6-5-7-18-10-12/h5-7,10,13,21H,8-9,11H2,1-4H3,(H,19,22)(H,20,23). The molecule has 0 atom stereocenters. The van der Waals surface area contributed by atoms with Crippen LogP contribution >= 0.6 is 0 Å². The number of amides is 2. The van der Waals surface area contributed by atoms with Crippen molar-refractivity contribution in [2.75, 3.05) is 0 Å². The zero-order valence-electron chi connectivity index (χ0n) is 14.3. The molecule has 3 N–H and O–H groups in total. The minimum atomic E-state index is -0.608. The first kappa shape index (κ1) is 17.4. The van der Waals surface area contributed by atoms with Crippen LogP contribution in [-0.4, -0.2) is 33.9 Å². The first-order valence-corrected chi connectivity index (χ1v) is 7.94. The number of hydrogen-bond acceptors (Lipinski definition) is 4. The fraction of sp³-hybridized carbons (Fsp3) is 0.588. The normalized spacial score (nSPS) is 19.8. The number of nitrogens with one attached hydrogen (secondary N) is 3. The monoisotopic (exact) mass is 318 g/mol. The van der Waals surface area contributed by atoms with E-state index < -0.39 is 11.8 Å². The quantitative estimate of drug-likeness (QED) is 0.730. The second-order valence-corrected chi connectivity index (χ2v) is 7.52. The number of nitrogens with zero attached hydrogens (tertiary/aromatic N) is 1. The molecule has 0 bridgehead atoms. The fourth-order valence-electron chi connectivity index (χ4n) is 3.44. The Morgan fingerprint density at radius 1 is 1.22 bits per heavy atom. The number of rotatable bonds is 3. The highest BCUT2D eigenvalue weighted by molar-refractivity contribution is 6.35. The van der Waals surface area contributed by atoms with Crippen LogP contribution < -0.4 is 16.0 Å². The number of hydrogen-bond donors (Lipinski definition) is 3. The van der Waals surface area contributed by atoms with Gasteiger partial charge in [0.15, 0.2) is 0 Å². The van der Waals surface area contributed by atoms with Crippen LogP contribution in [0, 0.1) is 0 Å². The van der Waals surface area contributed by atoms with Gasteiger partial charge in [0.1, 0.15) is 0 Å². The van der Waals surface area contributed by atoms with E-state index in [0.717, 1.165) is 18.4 Å². The molecule has 0 unspecified atom stereocenters. The molecule has 1 aliphatic rings. The Kier molecular flexibility index (Phi) is 5.04. The van der Waals surface area contributed by atoms with E-state index in [1.807, 2.05) is 6.07 Å². The molecule has 0 aliphatic carbocycles. The third kappa shape index (κ3) is 5.32. The Morgan fingerprint density at radius 2 is 1.87 bits per heavy atom. The molecule has 126 valence electrons. The largest absolute Gasteiger partial charge is 0.345 e. The summed E-state index contributed by atoms with van der Waals surface area (Å²) in [5.74, 6) is -1.18. The van der Waals surface area contributed by atoms with Crippen molar-refractivity contribution in [2.45, 2.75) is 64.2 Å². The number of carbonyl (C=O) groups excluding carboxylic acids is 2. The van der Waals surface area contributed by atoms with Gasteiger partial charge in [-0.05, 0) is 52.2 Å². The highest BCUT2D eigenvalue weighted by Gasteiger charge is 2.38. The van der Waals surface area contributed by atoms with Crippen molar-refractivity contribution in [3.8, 4) is 0 Å². The van der Waals surface area contributed by atoms with Crippen LogP contribution in [-0.2, 0) is 16.1 Å². The molecular weight excluding hydrogens is 292 g/mol. The number of pyridine rings is 1. The van der Waals surface area contributed by atoms with Gasteiger partial charge in [0.05, 0.1) is 0 Å². The number of piperidine rings is 1. The van der Waals surface area contributed by atoms with E-state index in [0.29, 0.717) is 6.54 Å². The predicted octanol–water partition coefficient (Wildman–Crippen LogP) is 1.12. The van der Waals surface area contributed by atoms with Crippen molar-refractivity contribution in [2.24, 2.45) is 0 Å². The van der Waals surface area contributed by atoms with Crippen molar-refractivity contribution in [3.63, 3.8) is 0 Å². The zero-order chi connectivity index (χ0) is 17.1. The lowest BCUT2D eigenvalue weighted by atomic mass is 9.79. The lowest BCUT2D eigenvalue weighted by Crippen LogP contribution is -2.62. The Morgan fingerprint density at radius 3 is 2.43 bits per heavy atom. The first-order valence-electron chi connectivity index (χ1n) is 7.94. The molecule has 2 rings (SSSR count). The summed E-state index contributed by atoms with van der Waals surface area (Å²) in [5.41, 5.74) is 0.704. The minimum absolute atomic E-state index is 0.0158. The summed E-state index contributed by atoms with van der Waals surface area (Å²) in [6.45, 7) is 8.72. The molecule has 2 amide bonds. The second kappa shape index (κ2) is 6.66. The van der Waals surface area contributed by atoms with Crippen molar-refractivity contribution in [1.82, 2.24) is 20.9 Å². The number of carbonyl (C=O) groups is 2. The topological polar surface area (TPSA) is 83.1 Å². The van der Waals surface area contributed by atoms with Gasteiger partial charge in [-0.1, -0.05) is 6.07 Å². The van der Waals surface area contributed by atoms with E-state index in [-0.39, 0.29) is 17.1 Å². The van der Waals surface area contributed by atoms with Gasteiger partial charge in [0.25, 0.3) is 0 Å².